The van der Waals surface area contributed by atoms with Crippen molar-refractivity contribution in [3.8, 4) is 0 Å². The predicted molar refractivity (Wildman–Crippen MR) is 79.7 cm³/mol. The highest BCUT2D eigenvalue weighted by Crippen LogP contribution is 2.21. The molecule has 0 aromatic carbocycles. The number of hydrogen-bond acceptors (Lipinski definition) is 5. The number of aromatic nitrogens is 2. The molecule has 0 amide bonds. The van der Waals surface area contributed by atoms with E-state index in [4.69, 9.17) is 5.11 Å². The van der Waals surface area contributed by atoms with Gasteiger partial charge in [0.2, 0.25) is 0 Å². The first kappa shape index (κ1) is 15.7. The van der Waals surface area contributed by atoms with Gasteiger partial charge >= 0.3 is 0 Å². The molecular weight excluding hydrogens is 240 g/mol. The fraction of sp³-hybridized carbons (Fsp3) is 0.714. The second-order valence-electron chi connectivity index (χ2n) is 4.93. The van der Waals surface area contributed by atoms with Gasteiger partial charge in [-0.2, -0.15) is 0 Å². The Labute approximate surface area is 115 Å². The molecule has 1 rings (SSSR count). The fourth-order valence-electron chi connectivity index (χ4n) is 1.89. The lowest BCUT2D eigenvalue weighted by atomic mass is 10.2. The molecule has 0 fully saturated rings. The van der Waals surface area contributed by atoms with E-state index >= 15 is 0 Å². The van der Waals surface area contributed by atoms with Gasteiger partial charge in [-0.15, -0.1) is 0 Å². The van der Waals surface area contributed by atoms with E-state index in [0.29, 0.717) is 6.04 Å². The van der Waals surface area contributed by atoms with Gasteiger partial charge in [0.1, 0.15) is 17.5 Å². The summed E-state index contributed by atoms with van der Waals surface area (Å²) in [4.78, 5) is 8.90. The molecule has 5 heteroatoms. The third-order valence-corrected chi connectivity index (χ3v) is 2.98. The van der Waals surface area contributed by atoms with Crippen molar-refractivity contribution in [1.29, 1.82) is 0 Å². The van der Waals surface area contributed by atoms with Gasteiger partial charge in [0.25, 0.3) is 0 Å². The maximum atomic E-state index is 8.86. The Morgan fingerprint density at radius 2 is 1.89 bits per heavy atom. The lowest BCUT2D eigenvalue weighted by molar-refractivity contribution is 0.282. The number of aryl methyl sites for hydroxylation is 1. The molecule has 1 heterocycles. The molecule has 0 spiro atoms. The minimum atomic E-state index is 0.233. The zero-order valence-corrected chi connectivity index (χ0v) is 12.5. The first-order valence-corrected chi connectivity index (χ1v) is 7.05. The van der Waals surface area contributed by atoms with Crippen LogP contribution in [0.25, 0.3) is 0 Å². The summed E-state index contributed by atoms with van der Waals surface area (Å²) in [6, 6.07) is 0.291. The SMILES string of the molecule is CCCNc1nc(C)nc(NC(C)CCCO)c1C. The minimum absolute atomic E-state index is 0.233. The van der Waals surface area contributed by atoms with Gasteiger partial charge in [-0.1, -0.05) is 6.92 Å². The first-order chi connectivity index (χ1) is 9.08. The van der Waals surface area contributed by atoms with E-state index in [1.165, 1.54) is 0 Å². The number of nitrogens with one attached hydrogen (secondary N) is 2. The topological polar surface area (TPSA) is 70.1 Å². The van der Waals surface area contributed by atoms with Gasteiger partial charge in [-0.3, -0.25) is 0 Å². The van der Waals surface area contributed by atoms with Crippen molar-refractivity contribution >= 4 is 11.6 Å². The van der Waals surface area contributed by atoms with Crippen LogP contribution in [0.1, 0.15) is 44.5 Å². The molecule has 0 saturated heterocycles. The maximum absolute atomic E-state index is 8.86. The Morgan fingerprint density at radius 1 is 1.21 bits per heavy atom. The molecule has 0 aliphatic rings. The summed E-state index contributed by atoms with van der Waals surface area (Å²) in [5.74, 6) is 2.56. The van der Waals surface area contributed by atoms with Crippen molar-refractivity contribution in [3.05, 3.63) is 11.4 Å². The second-order valence-corrected chi connectivity index (χ2v) is 4.93. The van der Waals surface area contributed by atoms with Crippen molar-refractivity contribution < 1.29 is 5.11 Å². The van der Waals surface area contributed by atoms with E-state index in [2.05, 4.69) is 34.4 Å². The lowest BCUT2D eigenvalue weighted by Crippen LogP contribution is -2.19. The predicted octanol–water partition coefficient (Wildman–Crippen LogP) is 2.49. The van der Waals surface area contributed by atoms with Gasteiger partial charge in [-0.25, -0.2) is 9.97 Å². The molecule has 5 nitrogen and oxygen atoms in total. The summed E-state index contributed by atoms with van der Waals surface area (Å²) >= 11 is 0. The average molecular weight is 266 g/mol. The standard InChI is InChI=1S/C14H26N4O/c1-5-8-15-13-11(3)14(18-12(4)17-13)16-10(2)7-6-9-19/h10,19H,5-9H2,1-4H3,(H2,15,16,17,18). The number of rotatable bonds is 8. The third-order valence-electron chi connectivity index (χ3n) is 2.98. The van der Waals surface area contributed by atoms with E-state index in [9.17, 15) is 0 Å². The second kappa shape index (κ2) is 7.94. The number of aliphatic hydroxyl groups is 1. The normalized spacial score (nSPS) is 12.3. The molecule has 1 aromatic heterocycles. The van der Waals surface area contributed by atoms with E-state index in [0.717, 1.165) is 48.8 Å². The average Bonchev–Trinajstić information content (AvgIpc) is 2.38. The van der Waals surface area contributed by atoms with Gasteiger partial charge < -0.3 is 15.7 Å². The Balaban J connectivity index is 2.79. The number of anilines is 2. The minimum Gasteiger partial charge on any atom is -0.396 e. The van der Waals surface area contributed by atoms with E-state index < -0.39 is 0 Å². The molecule has 1 unspecified atom stereocenters. The molecule has 0 radical (unpaired) electrons. The molecule has 108 valence electrons. The van der Waals surface area contributed by atoms with Crippen LogP contribution in [0.4, 0.5) is 11.6 Å². The quantitative estimate of drug-likeness (QED) is 0.674. The summed E-state index contributed by atoms with van der Waals surface area (Å²) in [7, 11) is 0. The largest absolute Gasteiger partial charge is 0.396 e. The number of hydrogen-bond donors (Lipinski definition) is 3. The maximum Gasteiger partial charge on any atom is 0.134 e. The third kappa shape index (κ3) is 5.03. The summed E-state index contributed by atoms with van der Waals surface area (Å²) in [6.07, 6.45) is 2.80. The van der Waals surface area contributed by atoms with Crippen LogP contribution < -0.4 is 10.6 Å². The molecule has 1 atom stereocenters. The molecular formula is C14H26N4O. The molecule has 0 bridgehead atoms. The highest BCUT2D eigenvalue weighted by atomic mass is 16.2. The van der Waals surface area contributed by atoms with Crippen molar-refractivity contribution in [2.45, 2.75) is 53.0 Å². The summed E-state index contributed by atoms with van der Waals surface area (Å²) in [5.41, 5.74) is 1.05. The smallest absolute Gasteiger partial charge is 0.134 e. The zero-order chi connectivity index (χ0) is 14.3. The molecule has 0 saturated carbocycles. The highest BCUT2D eigenvalue weighted by Gasteiger charge is 2.11. The zero-order valence-electron chi connectivity index (χ0n) is 12.5. The fourth-order valence-corrected chi connectivity index (χ4v) is 1.89. The van der Waals surface area contributed by atoms with E-state index in [1.807, 2.05) is 13.8 Å². The number of nitrogens with zero attached hydrogens (tertiary/aromatic N) is 2. The van der Waals surface area contributed by atoms with Crippen molar-refractivity contribution in [1.82, 2.24) is 9.97 Å². The Bertz CT molecular complexity index is 395. The van der Waals surface area contributed by atoms with Gasteiger partial charge in [0.05, 0.1) is 0 Å². The van der Waals surface area contributed by atoms with Crippen LogP contribution in [0, 0.1) is 13.8 Å². The Hall–Kier alpha value is -1.36. The Morgan fingerprint density at radius 3 is 2.53 bits per heavy atom. The van der Waals surface area contributed by atoms with Gasteiger partial charge in [0, 0.05) is 24.8 Å². The number of aliphatic hydroxyl groups excluding tert-OH is 1. The van der Waals surface area contributed by atoms with E-state index in [1.54, 1.807) is 0 Å². The first-order valence-electron chi connectivity index (χ1n) is 7.05. The van der Waals surface area contributed by atoms with Crippen LogP contribution >= 0.6 is 0 Å². The van der Waals surface area contributed by atoms with Crippen LogP contribution in [-0.2, 0) is 0 Å². The highest BCUT2D eigenvalue weighted by molar-refractivity contribution is 5.57. The lowest BCUT2D eigenvalue weighted by Gasteiger charge is -2.18. The van der Waals surface area contributed by atoms with Crippen LogP contribution in [0.5, 0.6) is 0 Å². The van der Waals surface area contributed by atoms with Crippen molar-refractivity contribution in [2.24, 2.45) is 0 Å². The van der Waals surface area contributed by atoms with Crippen LogP contribution in [0.3, 0.4) is 0 Å². The van der Waals surface area contributed by atoms with Gasteiger partial charge in [-0.05, 0) is 40.0 Å². The molecule has 0 aliphatic carbocycles. The molecule has 1 aromatic rings. The summed E-state index contributed by atoms with van der Waals surface area (Å²) in [5, 5.41) is 15.6. The van der Waals surface area contributed by atoms with Crippen molar-refractivity contribution in [3.63, 3.8) is 0 Å². The van der Waals surface area contributed by atoms with Crippen LogP contribution in [-0.4, -0.2) is 34.3 Å². The van der Waals surface area contributed by atoms with Gasteiger partial charge in [0.15, 0.2) is 0 Å². The molecule has 0 aliphatic heterocycles. The van der Waals surface area contributed by atoms with Crippen LogP contribution in [0.15, 0.2) is 0 Å². The van der Waals surface area contributed by atoms with Crippen molar-refractivity contribution in [2.75, 3.05) is 23.8 Å². The van der Waals surface area contributed by atoms with Crippen LogP contribution in [0.2, 0.25) is 0 Å². The monoisotopic (exact) mass is 266 g/mol. The summed E-state index contributed by atoms with van der Waals surface area (Å²) in [6.45, 7) is 9.31. The van der Waals surface area contributed by atoms with E-state index in [-0.39, 0.29) is 6.61 Å². The molecule has 19 heavy (non-hydrogen) atoms. The molecule has 3 N–H and O–H groups in total. The summed E-state index contributed by atoms with van der Waals surface area (Å²) < 4.78 is 0. The Kier molecular flexibility index (Phi) is 6.56.